The summed E-state index contributed by atoms with van der Waals surface area (Å²) in [7, 11) is 3.12. The normalized spacial score (nSPS) is 10.1. The Morgan fingerprint density at radius 3 is 2.27 bits per heavy atom. The number of nitrogens with two attached hydrogens (primary N) is 1. The Kier molecular flexibility index (Phi) is 5.79. The number of hydrogen-bond acceptors (Lipinski definition) is 6. The van der Waals surface area contributed by atoms with Crippen molar-refractivity contribution in [1.29, 1.82) is 0 Å². The van der Waals surface area contributed by atoms with E-state index >= 15 is 0 Å². The quantitative estimate of drug-likeness (QED) is 0.615. The second-order valence-corrected chi connectivity index (χ2v) is 5.66. The van der Waals surface area contributed by atoms with Crippen LogP contribution >= 0.6 is 24.0 Å². The zero-order chi connectivity index (χ0) is 15.9. The molecule has 22 heavy (non-hydrogen) atoms. The van der Waals surface area contributed by atoms with Crippen LogP contribution in [0.3, 0.4) is 0 Å². The Morgan fingerprint density at radius 2 is 1.77 bits per heavy atom. The summed E-state index contributed by atoms with van der Waals surface area (Å²) in [4.78, 5) is 9.67. The first-order valence-corrected chi connectivity index (χ1v) is 7.75. The SMILES string of the molecule is COc1cc(OC)nc(CSc2ccc(NC(N)=S)cc2)n1. The fourth-order valence-electron chi connectivity index (χ4n) is 1.65. The third-order valence-corrected chi connectivity index (χ3v) is 3.74. The number of hydrogen-bond donors (Lipinski definition) is 2. The lowest BCUT2D eigenvalue weighted by Crippen LogP contribution is -2.18. The molecule has 0 amide bonds. The highest BCUT2D eigenvalue weighted by Gasteiger charge is 2.06. The summed E-state index contributed by atoms with van der Waals surface area (Å²) in [5.74, 6) is 2.22. The van der Waals surface area contributed by atoms with E-state index in [0.29, 0.717) is 23.3 Å². The van der Waals surface area contributed by atoms with E-state index in [1.54, 1.807) is 32.0 Å². The van der Waals surface area contributed by atoms with E-state index in [4.69, 9.17) is 27.4 Å². The molecular formula is C14H16N4O2S2. The third kappa shape index (κ3) is 4.74. The van der Waals surface area contributed by atoms with Crippen molar-refractivity contribution in [2.75, 3.05) is 19.5 Å². The largest absolute Gasteiger partial charge is 0.481 e. The molecular weight excluding hydrogens is 320 g/mol. The maximum Gasteiger partial charge on any atom is 0.220 e. The first-order chi connectivity index (χ1) is 10.6. The van der Waals surface area contributed by atoms with Crippen molar-refractivity contribution in [2.45, 2.75) is 10.6 Å². The molecule has 1 heterocycles. The van der Waals surface area contributed by atoms with Crippen LogP contribution in [0, 0.1) is 0 Å². The van der Waals surface area contributed by atoms with Crippen molar-refractivity contribution in [2.24, 2.45) is 5.73 Å². The summed E-state index contributed by atoms with van der Waals surface area (Å²) >= 11 is 6.41. The van der Waals surface area contributed by atoms with Gasteiger partial charge in [0, 0.05) is 10.6 Å². The van der Waals surface area contributed by atoms with Crippen molar-refractivity contribution in [1.82, 2.24) is 9.97 Å². The van der Waals surface area contributed by atoms with Crippen molar-refractivity contribution in [3.8, 4) is 11.8 Å². The number of rotatable bonds is 6. The van der Waals surface area contributed by atoms with Crippen LogP contribution in [0.5, 0.6) is 11.8 Å². The van der Waals surface area contributed by atoms with Gasteiger partial charge in [-0.15, -0.1) is 11.8 Å². The van der Waals surface area contributed by atoms with E-state index in [1.165, 1.54) is 0 Å². The lowest BCUT2D eigenvalue weighted by atomic mass is 10.3. The Balaban J connectivity index is 2.01. The van der Waals surface area contributed by atoms with Crippen LogP contribution in [-0.2, 0) is 5.75 Å². The van der Waals surface area contributed by atoms with Crippen LogP contribution in [0.2, 0.25) is 0 Å². The third-order valence-electron chi connectivity index (χ3n) is 2.63. The number of anilines is 1. The monoisotopic (exact) mass is 336 g/mol. The molecule has 116 valence electrons. The van der Waals surface area contributed by atoms with Gasteiger partial charge in [0.15, 0.2) is 5.11 Å². The van der Waals surface area contributed by atoms with Gasteiger partial charge in [0.25, 0.3) is 0 Å². The highest BCUT2D eigenvalue weighted by atomic mass is 32.2. The lowest BCUT2D eigenvalue weighted by Gasteiger charge is -2.07. The molecule has 0 fully saturated rings. The minimum Gasteiger partial charge on any atom is -0.481 e. The molecule has 2 rings (SSSR count). The smallest absolute Gasteiger partial charge is 0.220 e. The van der Waals surface area contributed by atoms with Crippen LogP contribution in [0.1, 0.15) is 5.82 Å². The average Bonchev–Trinajstić information content (AvgIpc) is 2.53. The molecule has 6 nitrogen and oxygen atoms in total. The van der Waals surface area contributed by atoms with E-state index in [2.05, 4.69) is 15.3 Å². The molecule has 0 aliphatic heterocycles. The zero-order valence-corrected chi connectivity index (χ0v) is 13.8. The van der Waals surface area contributed by atoms with Crippen molar-refractivity contribution < 1.29 is 9.47 Å². The molecule has 0 atom stereocenters. The molecule has 8 heteroatoms. The Hall–Kier alpha value is -2.06. The molecule has 0 aliphatic rings. The molecule has 2 aromatic rings. The van der Waals surface area contributed by atoms with Gasteiger partial charge >= 0.3 is 0 Å². The maximum atomic E-state index is 5.43. The van der Waals surface area contributed by atoms with Crippen molar-refractivity contribution >= 4 is 34.8 Å². The maximum absolute atomic E-state index is 5.43. The van der Waals surface area contributed by atoms with Crippen LogP contribution in [0.4, 0.5) is 5.69 Å². The number of ether oxygens (including phenoxy) is 2. The summed E-state index contributed by atoms with van der Waals surface area (Å²) in [5, 5.41) is 3.13. The van der Waals surface area contributed by atoms with E-state index in [0.717, 1.165) is 10.6 Å². The van der Waals surface area contributed by atoms with E-state index in [1.807, 2.05) is 24.3 Å². The molecule has 0 saturated carbocycles. The van der Waals surface area contributed by atoms with Crippen molar-refractivity contribution in [3.63, 3.8) is 0 Å². The van der Waals surface area contributed by atoms with Gasteiger partial charge in [-0.2, -0.15) is 9.97 Å². The number of aromatic nitrogens is 2. The molecule has 1 aromatic heterocycles. The van der Waals surface area contributed by atoms with Gasteiger partial charge in [-0.05, 0) is 36.5 Å². The topological polar surface area (TPSA) is 82.3 Å². The number of thioether (sulfide) groups is 1. The summed E-state index contributed by atoms with van der Waals surface area (Å²) in [5.41, 5.74) is 6.28. The molecule has 3 N–H and O–H groups in total. The second kappa shape index (κ2) is 7.81. The highest BCUT2D eigenvalue weighted by molar-refractivity contribution is 7.98. The summed E-state index contributed by atoms with van der Waals surface area (Å²) < 4.78 is 10.3. The number of methoxy groups -OCH3 is 2. The molecule has 0 radical (unpaired) electrons. The predicted octanol–water partition coefficient (Wildman–Crippen LogP) is 2.44. The molecule has 0 unspecified atom stereocenters. The molecule has 0 saturated heterocycles. The van der Waals surface area contributed by atoms with E-state index < -0.39 is 0 Å². The van der Waals surface area contributed by atoms with Crippen LogP contribution < -0.4 is 20.5 Å². The van der Waals surface area contributed by atoms with Gasteiger partial charge in [0.2, 0.25) is 11.8 Å². The van der Waals surface area contributed by atoms with Gasteiger partial charge in [0.05, 0.1) is 26.0 Å². The minimum atomic E-state index is 0.247. The van der Waals surface area contributed by atoms with Crippen LogP contribution in [0.15, 0.2) is 35.2 Å². The molecule has 0 aliphatic carbocycles. The number of nitrogens with one attached hydrogen (secondary N) is 1. The molecule has 0 spiro atoms. The van der Waals surface area contributed by atoms with Crippen molar-refractivity contribution in [3.05, 3.63) is 36.2 Å². The van der Waals surface area contributed by atoms with Gasteiger partial charge in [-0.3, -0.25) is 0 Å². The Bertz CT molecular complexity index is 628. The fraction of sp³-hybridized carbons (Fsp3) is 0.214. The van der Waals surface area contributed by atoms with E-state index in [-0.39, 0.29) is 5.11 Å². The van der Waals surface area contributed by atoms with E-state index in [9.17, 15) is 0 Å². The van der Waals surface area contributed by atoms with Crippen LogP contribution in [-0.4, -0.2) is 29.3 Å². The van der Waals surface area contributed by atoms with Crippen LogP contribution in [0.25, 0.3) is 0 Å². The first-order valence-electron chi connectivity index (χ1n) is 6.36. The van der Waals surface area contributed by atoms with Gasteiger partial charge < -0.3 is 20.5 Å². The Labute approximate surface area is 138 Å². The predicted molar refractivity (Wildman–Crippen MR) is 91.5 cm³/mol. The van der Waals surface area contributed by atoms with Gasteiger partial charge in [-0.1, -0.05) is 0 Å². The Morgan fingerprint density at radius 1 is 1.18 bits per heavy atom. The fourth-order valence-corrected chi connectivity index (χ4v) is 2.52. The van der Waals surface area contributed by atoms with Gasteiger partial charge in [-0.25, -0.2) is 0 Å². The number of nitrogens with zero attached hydrogens (tertiary/aromatic N) is 2. The second-order valence-electron chi connectivity index (χ2n) is 4.17. The molecule has 0 bridgehead atoms. The molecule has 1 aromatic carbocycles. The number of benzene rings is 1. The number of thiocarbonyl (C=S) groups is 1. The highest BCUT2D eigenvalue weighted by Crippen LogP contribution is 2.25. The standard InChI is InChI=1S/C14H16N4O2S2/c1-19-12-7-13(20-2)18-11(17-12)8-22-10-5-3-9(4-6-10)16-14(15)21/h3-7H,8H2,1-2H3,(H3,15,16,21). The first kappa shape index (κ1) is 16.3. The zero-order valence-electron chi connectivity index (χ0n) is 12.2. The summed E-state index contributed by atoms with van der Waals surface area (Å²) in [6.07, 6.45) is 0. The van der Waals surface area contributed by atoms with Gasteiger partial charge in [0.1, 0.15) is 5.82 Å². The minimum absolute atomic E-state index is 0.247. The average molecular weight is 336 g/mol. The lowest BCUT2D eigenvalue weighted by molar-refractivity contribution is 0.369. The summed E-state index contributed by atoms with van der Waals surface area (Å²) in [6.45, 7) is 0. The summed E-state index contributed by atoms with van der Waals surface area (Å²) in [6, 6.07) is 9.42.